The Kier molecular flexibility index (Phi) is 5.54. The van der Waals surface area contributed by atoms with E-state index in [0.29, 0.717) is 0 Å². The molecule has 1 rings (SSSR count). The standard InChI is InChI=1S/C13H27N/c1-4-5-6-7-8-9-14-11-12(2)10-13(14)3/h12-13H,4-11H2,1-3H3. The SMILES string of the molecule is CCCCCCCN1CC(C)CC1C. The molecule has 0 spiro atoms. The predicted molar refractivity (Wildman–Crippen MR) is 63.6 cm³/mol. The molecule has 0 aromatic carbocycles. The second-order valence-corrected chi connectivity index (χ2v) is 5.10. The Hall–Kier alpha value is -0.0400. The Balaban J connectivity index is 2.01. The van der Waals surface area contributed by atoms with Crippen molar-refractivity contribution >= 4 is 0 Å². The van der Waals surface area contributed by atoms with Crippen LogP contribution in [-0.2, 0) is 0 Å². The van der Waals surface area contributed by atoms with Gasteiger partial charge >= 0.3 is 0 Å². The maximum Gasteiger partial charge on any atom is 0.00700 e. The summed E-state index contributed by atoms with van der Waals surface area (Å²) in [7, 11) is 0. The van der Waals surface area contributed by atoms with Crippen LogP contribution in [0.15, 0.2) is 0 Å². The van der Waals surface area contributed by atoms with Gasteiger partial charge in [0.15, 0.2) is 0 Å². The third-order valence-corrected chi connectivity index (χ3v) is 3.46. The number of hydrogen-bond donors (Lipinski definition) is 0. The van der Waals surface area contributed by atoms with E-state index in [-0.39, 0.29) is 0 Å². The van der Waals surface area contributed by atoms with Crippen LogP contribution in [0.4, 0.5) is 0 Å². The molecule has 0 saturated carbocycles. The van der Waals surface area contributed by atoms with Crippen LogP contribution in [0.5, 0.6) is 0 Å². The highest BCUT2D eigenvalue weighted by Crippen LogP contribution is 2.22. The van der Waals surface area contributed by atoms with Crippen molar-refractivity contribution in [3.05, 3.63) is 0 Å². The summed E-state index contributed by atoms with van der Waals surface area (Å²) in [6.45, 7) is 9.73. The lowest BCUT2D eigenvalue weighted by molar-refractivity contribution is 0.258. The van der Waals surface area contributed by atoms with Crippen molar-refractivity contribution in [2.24, 2.45) is 5.92 Å². The number of unbranched alkanes of at least 4 members (excludes halogenated alkanes) is 4. The van der Waals surface area contributed by atoms with Gasteiger partial charge in [-0.2, -0.15) is 0 Å². The fourth-order valence-electron chi connectivity index (χ4n) is 2.62. The molecule has 0 bridgehead atoms. The maximum absolute atomic E-state index is 2.68. The number of nitrogens with zero attached hydrogens (tertiary/aromatic N) is 1. The van der Waals surface area contributed by atoms with Crippen molar-refractivity contribution in [1.29, 1.82) is 0 Å². The van der Waals surface area contributed by atoms with Crippen LogP contribution in [0.3, 0.4) is 0 Å². The molecular weight excluding hydrogens is 170 g/mol. The fraction of sp³-hybridized carbons (Fsp3) is 1.00. The van der Waals surface area contributed by atoms with E-state index in [4.69, 9.17) is 0 Å². The number of rotatable bonds is 6. The van der Waals surface area contributed by atoms with Crippen LogP contribution < -0.4 is 0 Å². The van der Waals surface area contributed by atoms with E-state index >= 15 is 0 Å². The van der Waals surface area contributed by atoms with Crippen LogP contribution in [0.25, 0.3) is 0 Å². The first-order chi connectivity index (χ1) is 6.74. The van der Waals surface area contributed by atoms with Crippen molar-refractivity contribution < 1.29 is 0 Å². The normalized spacial score (nSPS) is 28.5. The first-order valence-electron chi connectivity index (χ1n) is 6.48. The molecule has 0 N–H and O–H groups in total. The zero-order valence-corrected chi connectivity index (χ0v) is 10.3. The topological polar surface area (TPSA) is 3.24 Å². The maximum atomic E-state index is 2.68. The second kappa shape index (κ2) is 6.44. The Labute approximate surface area is 89.9 Å². The van der Waals surface area contributed by atoms with Crippen molar-refractivity contribution in [1.82, 2.24) is 4.90 Å². The lowest BCUT2D eigenvalue weighted by atomic mass is 10.1. The Morgan fingerprint density at radius 1 is 1.07 bits per heavy atom. The van der Waals surface area contributed by atoms with Gasteiger partial charge in [0.1, 0.15) is 0 Å². The van der Waals surface area contributed by atoms with Gasteiger partial charge in [0, 0.05) is 12.6 Å². The highest BCUT2D eigenvalue weighted by Gasteiger charge is 2.24. The number of hydrogen-bond acceptors (Lipinski definition) is 1. The summed E-state index contributed by atoms with van der Waals surface area (Å²) in [4.78, 5) is 2.68. The lowest BCUT2D eigenvalue weighted by Crippen LogP contribution is -2.28. The van der Waals surface area contributed by atoms with E-state index in [9.17, 15) is 0 Å². The Morgan fingerprint density at radius 2 is 1.79 bits per heavy atom. The summed E-state index contributed by atoms with van der Waals surface area (Å²) < 4.78 is 0. The second-order valence-electron chi connectivity index (χ2n) is 5.10. The molecule has 1 fully saturated rings. The van der Waals surface area contributed by atoms with Gasteiger partial charge in [-0.3, -0.25) is 0 Å². The first kappa shape index (κ1) is 12.0. The molecule has 1 heteroatoms. The third-order valence-electron chi connectivity index (χ3n) is 3.46. The quantitative estimate of drug-likeness (QED) is 0.587. The molecule has 2 unspecified atom stereocenters. The van der Waals surface area contributed by atoms with E-state index < -0.39 is 0 Å². The van der Waals surface area contributed by atoms with Gasteiger partial charge in [0.2, 0.25) is 0 Å². The molecule has 0 aromatic heterocycles. The highest BCUT2D eigenvalue weighted by molar-refractivity contribution is 4.79. The molecule has 0 amide bonds. The smallest absolute Gasteiger partial charge is 0.00700 e. The summed E-state index contributed by atoms with van der Waals surface area (Å²) in [5, 5.41) is 0. The summed E-state index contributed by atoms with van der Waals surface area (Å²) in [6.07, 6.45) is 8.48. The van der Waals surface area contributed by atoms with Gasteiger partial charge in [-0.15, -0.1) is 0 Å². The van der Waals surface area contributed by atoms with Gasteiger partial charge in [0.25, 0.3) is 0 Å². The van der Waals surface area contributed by atoms with Crippen LogP contribution in [0.2, 0.25) is 0 Å². The van der Waals surface area contributed by atoms with Crippen molar-refractivity contribution in [2.75, 3.05) is 13.1 Å². The van der Waals surface area contributed by atoms with Gasteiger partial charge in [-0.25, -0.2) is 0 Å². The van der Waals surface area contributed by atoms with E-state index in [0.717, 1.165) is 12.0 Å². The van der Waals surface area contributed by atoms with Crippen LogP contribution in [0, 0.1) is 5.92 Å². The van der Waals surface area contributed by atoms with Gasteiger partial charge in [-0.05, 0) is 32.2 Å². The molecular formula is C13H27N. The average molecular weight is 197 g/mol. The van der Waals surface area contributed by atoms with Crippen LogP contribution >= 0.6 is 0 Å². The molecule has 0 aromatic rings. The van der Waals surface area contributed by atoms with Gasteiger partial charge in [0.05, 0.1) is 0 Å². The molecule has 0 aliphatic carbocycles. The van der Waals surface area contributed by atoms with E-state index in [2.05, 4.69) is 25.7 Å². The largest absolute Gasteiger partial charge is 0.300 e. The molecule has 14 heavy (non-hydrogen) atoms. The monoisotopic (exact) mass is 197 g/mol. The molecule has 1 saturated heterocycles. The van der Waals surface area contributed by atoms with Gasteiger partial charge < -0.3 is 4.90 Å². The minimum Gasteiger partial charge on any atom is -0.300 e. The highest BCUT2D eigenvalue weighted by atomic mass is 15.2. The molecule has 0 radical (unpaired) electrons. The Morgan fingerprint density at radius 3 is 2.36 bits per heavy atom. The predicted octanol–water partition coefficient (Wildman–Crippen LogP) is 3.69. The average Bonchev–Trinajstić information content (AvgIpc) is 2.45. The van der Waals surface area contributed by atoms with Gasteiger partial charge in [-0.1, -0.05) is 39.5 Å². The molecule has 2 atom stereocenters. The summed E-state index contributed by atoms with van der Waals surface area (Å²) >= 11 is 0. The minimum absolute atomic E-state index is 0.844. The number of likely N-dealkylation sites (tertiary alicyclic amines) is 1. The molecule has 1 nitrogen and oxygen atoms in total. The lowest BCUT2D eigenvalue weighted by Gasteiger charge is -2.20. The summed E-state index contributed by atoms with van der Waals surface area (Å²) in [6, 6.07) is 0.844. The zero-order chi connectivity index (χ0) is 10.4. The minimum atomic E-state index is 0.844. The molecule has 1 heterocycles. The van der Waals surface area contributed by atoms with Crippen molar-refractivity contribution in [3.63, 3.8) is 0 Å². The van der Waals surface area contributed by atoms with E-state index in [1.165, 1.54) is 51.6 Å². The zero-order valence-electron chi connectivity index (χ0n) is 10.3. The van der Waals surface area contributed by atoms with E-state index in [1.54, 1.807) is 0 Å². The van der Waals surface area contributed by atoms with E-state index in [1.807, 2.05) is 0 Å². The first-order valence-corrected chi connectivity index (χ1v) is 6.48. The molecule has 1 aliphatic rings. The summed E-state index contributed by atoms with van der Waals surface area (Å²) in [5.41, 5.74) is 0. The third kappa shape index (κ3) is 4.00. The summed E-state index contributed by atoms with van der Waals surface area (Å²) in [5.74, 6) is 0.931. The fourth-order valence-corrected chi connectivity index (χ4v) is 2.62. The Bertz CT molecular complexity index is 144. The van der Waals surface area contributed by atoms with Crippen molar-refractivity contribution in [2.45, 2.75) is 65.3 Å². The van der Waals surface area contributed by atoms with Crippen molar-refractivity contribution in [3.8, 4) is 0 Å². The van der Waals surface area contributed by atoms with Crippen LogP contribution in [0.1, 0.15) is 59.3 Å². The molecule has 1 aliphatic heterocycles. The van der Waals surface area contributed by atoms with Crippen LogP contribution in [-0.4, -0.2) is 24.0 Å². The molecule has 84 valence electrons.